The zero-order chi connectivity index (χ0) is 18.7. The molecular formula is C18H20IN4O2P. The predicted octanol–water partition coefficient (Wildman–Crippen LogP) is 3.93. The number of benzene rings is 1. The van der Waals surface area contributed by atoms with Crippen LogP contribution in [0.5, 0.6) is 0 Å². The highest BCUT2D eigenvalue weighted by atomic mass is 127. The number of ether oxygens (including phenoxy) is 2. The van der Waals surface area contributed by atoms with Gasteiger partial charge in [-0.1, -0.05) is 6.07 Å². The second-order valence-electron chi connectivity index (χ2n) is 5.79. The van der Waals surface area contributed by atoms with Gasteiger partial charge in [0.05, 0.1) is 43.1 Å². The number of nitrogens with zero attached hydrogens (tertiary/aromatic N) is 4. The molecule has 0 saturated carbocycles. The number of aromatic nitrogens is 4. The minimum absolute atomic E-state index is 0.103. The molecule has 136 valence electrons. The summed E-state index contributed by atoms with van der Waals surface area (Å²) in [4.78, 5) is 0. The molecule has 0 spiro atoms. The number of methoxy groups -OCH3 is 1. The van der Waals surface area contributed by atoms with E-state index in [4.69, 9.17) is 15.9 Å². The number of halogens is 1. The van der Waals surface area contributed by atoms with E-state index in [1.165, 1.54) is 0 Å². The van der Waals surface area contributed by atoms with Crippen LogP contribution >= 0.6 is 28.4 Å². The second-order valence-corrected chi connectivity index (χ2v) is 7.83. The van der Waals surface area contributed by atoms with Crippen LogP contribution in [0.15, 0.2) is 24.4 Å². The molecule has 0 saturated heterocycles. The van der Waals surface area contributed by atoms with Gasteiger partial charge in [0.15, 0.2) is 0 Å². The minimum Gasteiger partial charge on any atom is -0.382 e. The zero-order valence-corrected chi connectivity index (χ0v) is 18.0. The SMILES string of the molecule is C#Cc1nn(PI)c2ccc(-c3cnn(C)c3C(C)OCCOC)cc12. The largest absolute Gasteiger partial charge is 0.382 e. The Bertz CT molecular complexity index is 960. The summed E-state index contributed by atoms with van der Waals surface area (Å²) in [6.45, 7) is 3.12. The van der Waals surface area contributed by atoms with Crippen molar-refractivity contribution >= 4 is 39.3 Å². The lowest BCUT2D eigenvalue weighted by Crippen LogP contribution is -2.10. The van der Waals surface area contributed by atoms with Crippen LogP contribution in [0.2, 0.25) is 0 Å². The third kappa shape index (κ3) is 3.65. The lowest BCUT2D eigenvalue weighted by molar-refractivity contribution is 0.0222. The van der Waals surface area contributed by atoms with E-state index in [9.17, 15) is 0 Å². The van der Waals surface area contributed by atoms with Gasteiger partial charge >= 0.3 is 0 Å². The normalized spacial score (nSPS) is 12.9. The Kier molecular flexibility index (Phi) is 6.30. The van der Waals surface area contributed by atoms with Gasteiger partial charge in [-0.05, 0) is 52.6 Å². The van der Waals surface area contributed by atoms with Crippen molar-refractivity contribution in [3.8, 4) is 23.5 Å². The van der Waals surface area contributed by atoms with Crippen molar-refractivity contribution in [1.29, 1.82) is 0 Å². The third-order valence-electron chi connectivity index (χ3n) is 4.23. The van der Waals surface area contributed by atoms with Gasteiger partial charge in [-0.3, -0.25) is 4.68 Å². The fraction of sp³-hybridized carbons (Fsp3) is 0.333. The quantitative estimate of drug-likeness (QED) is 0.222. The van der Waals surface area contributed by atoms with E-state index < -0.39 is 0 Å². The maximum absolute atomic E-state index is 5.89. The van der Waals surface area contributed by atoms with E-state index in [1.54, 1.807) is 7.11 Å². The summed E-state index contributed by atoms with van der Waals surface area (Å²) in [6, 6.07) is 6.24. The van der Waals surface area contributed by atoms with Gasteiger partial charge < -0.3 is 9.47 Å². The van der Waals surface area contributed by atoms with Crippen molar-refractivity contribution < 1.29 is 9.47 Å². The van der Waals surface area contributed by atoms with Crippen LogP contribution < -0.4 is 0 Å². The molecule has 2 unspecified atom stereocenters. The minimum atomic E-state index is -0.103. The van der Waals surface area contributed by atoms with Gasteiger partial charge in [0.2, 0.25) is 0 Å². The number of hydrogen-bond acceptors (Lipinski definition) is 4. The molecular weight excluding hydrogens is 462 g/mol. The summed E-state index contributed by atoms with van der Waals surface area (Å²) >= 11 is 2.30. The number of terminal acetylenes is 1. The molecule has 2 aromatic heterocycles. The Morgan fingerprint density at radius 1 is 1.38 bits per heavy atom. The number of aryl methyl sites for hydroxylation is 1. The summed E-state index contributed by atoms with van der Waals surface area (Å²) in [5.74, 6) is 2.69. The Morgan fingerprint density at radius 3 is 2.88 bits per heavy atom. The summed E-state index contributed by atoms with van der Waals surface area (Å²) < 4.78 is 14.8. The van der Waals surface area contributed by atoms with Crippen LogP contribution in [0.3, 0.4) is 0 Å². The second kappa shape index (κ2) is 8.49. The molecule has 2 atom stereocenters. The van der Waals surface area contributed by atoms with Crippen molar-refractivity contribution in [1.82, 2.24) is 19.3 Å². The fourth-order valence-electron chi connectivity index (χ4n) is 3.00. The molecule has 6 nitrogen and oxygen atoms in total. The molecule has 0 radical (unpaired) electrons. The first-order valence-corrected chi connectivity index (χ1v) is 12.2. The fourth-order valence-corrected chi connectivity index (χ4v) is 4.52. The van der Waals surface area contributed by atoms with Gasteiger partial charge in [-0.15, -0.1) is 6.42 Å². The smallest absolute Gasteiger partial charge is 0.143 e. The first-order valence-electron chi connectivity index (χ1n) is 8.09. The Morgan fingerprint density at radius 2 is 2.19 bits per heavy atom. The van der Waals surface area contributed by atoms with Crippen LogP contribution in [0.25, 0.3) is 22.0 Å². The summed E-state index contributed by atoms with van der Waals surface area (Å²) in [7, 11) is 3.59. The molecule has 0 aliphatic heterocycles. The van der Waals surface area contributed by atoms with Crippen molar-refractivity contribution in [2.45, 2.75) is 13.0 Å². The number of fused-ring (bicyclic) bond motifs is 1. The molecule has 3 aromatic rings. The monoisotopic (exact) mass is 482 g/mol. The van der Waals surface area contributed by atoms with E-state index in [2.05, 4.69) is 56.4 Å². The molecule has 0 amide bonds. The lowest BCUT2D eigenvalue weighted by Gasteiger charge is -2.15. The van der Waals surface area contributed by atoms with Crippen LogP contribution in [0, 0.1) is 12.3 Å². The van der Waals surface area contributed by atoms with E-state index in [0.29, 0.717) is 25.3 Å². The first-order chi connectivity index (χ1) is 12.6. The molecule has 2 heterocycles. The highest BCUT2D eigenvalue weighted by Crippen LogP contribution is 2.35. The Hall–Kier alpha value is -1.46. The summed E-state index contributed by atoms with van der Waals surface area (Å²) in [6.07, 6.45) is 7.91. The highest BCUT2D eigenvalue weighted by Gasteiger charge is 2.19. The zero-order valence-electron chi connectivity index (χ0n) is 14.9. The lowest BCUT2D eigenvalue weighted by atomic mass is 10.0. The molecule has 0 fully saturated rings. The van der Waals surface area contributed by atoms with Gasteiger partial charge in [-0.25, -0.2) is 4.45 Å². The maximum atomic E-state index is 5.89. The molecule has 8 heteroatoms. The van der Waals surface area contributed by atoms with Crippen molar-refractivity contribution in [2.75, 3.05) is 20.3 Å². The Balaban J connectivity index is 2.03. The molecule has 1 aromatic carbocycles. The van der Waals surface area contributed by atoms with E-state index in [0.717, 1.165) is 27.7 Å². The highest BCUT2D eigenvalue weighted by molar-refractivity contribution is 14.2. The van der Waals surface area contributed by atoms with Crippen molar-refractivity contribution in [3.05, 3.63) is 35.8 Å². The predicted molar refractivity (Wildman–Crippen MR) is 114 cm³/mol. The van der Waals surface area contributed by atoms with Gasteiger partial charge in [0.1, 0.15) is 5.69 Å². The first kappa shape index (κ1) is 19.3. The topological polar surface area (TPSA) is 54.1 Å². The average molecular weight is 482 g/mol. The molecule has 26 heavy (non-hydrogen) atoms. The van der Waals surface area contributed by atoms with Crippen molar-refractivity contribution in [3.63, 3.8) is 0 Å². The molecule has 0 aliphatic rings. The van der Waals surface area contributed by atoms with Gasteiger partial charge in [0, 0.05) is 25.1 Å². The van der Waals surface area contributed by atoms with Gasteiger partial charge in [0.25, 0.3) is 0 Å². The van der Waals surface area contributed by atoms with Gasteiger partial charge in [-0.2, -0.15) is 10.2 Å². The van der Waals surface area contributed by atoms with Crippen LogP contribution in [0.1, 0.15) is 24.4 Å². The Labute approximate surface area is 167 Å². The van der Waals surface area contributed by atoms with Crippen LogP contribution in [-0.2, 0) is 16.5 Å². The summed E-state index contributed by atoms with van der Waals surface area (Å²) in [5, 5.41) is 9.91. The van der Waals surface area contributed by atoms with Crippen LogP contribution in [-0.4, -0.2) is 39.7 Å². The molecule has 0 bridgehead atoms. The number of hydrogen-bond donors (Lipinski definition) is 0. The summed E-state index contributed by atoms with van der Waals surface area (Å²) in [5.41, 5.74) is 4.82. The number of rotatable bonds is 7. The van der Waals surface area contributed by atoms with E-state index in [-0.39, 0.29) is 6.10 Å². The van der Waals surface area contributed by atoms with E-state index in [1.807, 2.05) is 29.3 Å². The van der Waals surface area contributed by atoms with Crippen LogP contribution in [0.4, 0.5) is 0 Å². The van der Waals surface area contributed by atoms with Crippen molar-refractivity contribution in [2.24, 2.45) is 7.05 Å². The molecule has 0 N–H and O–H groups in total. The molecule has 0 aliphatic carbocycles. The third-order valence-corrected chi connectivity index (χ3v) is 6.10. The van der Waals surface area contributed by atoms with E-state index >= 15 is 0 Å². The standard InChI is InChI=1S/C18H20IN4O2P/c1-5-16-14-10-13(6-7-17(14)23(21-16)26-19)15-11-20-22(3)18(15)12(2)25-9-8-24-4/h1,6-7,10-12,26H,8-9H2,2-4H3. The maximum Gasteiger partial charge on any atom is 0.143 e. The molecule has 3 rings (SSSR count). The average Bonchev–Trinajstić information content (AvgIpc) is 3.21.